The molecule has 1 aliphatic heterocycles. The maximum Gasteiger partial charge on any atom is 0.130 e. The van der Waals surface area contributed by atoms with Crippen LogP contribution in [0, 0.1) is 12.7 Å². The third kappa shape index (κ3) is 3.28. The second kappa shape index (κ2) is 6.83. The lowest BCUT2D eigenvalue weighted by Crippen LogP contribution is -2.56. The molecule has 0 spiro atoms. The van der Waals surface area contributed by atoms with Crippen LogP contribution in [0.2, 0.25) is 0 Å². The molecule has 1 unspecified atom stereocenters. The number of rotatable bonds is 4. The average molecular weight is 335 g/mol. The topological polar surface area (TPSA) is 28.2 Å². The number of thiazole rings is 1. The molecule has 0 amide bonds. The van der Waals surface area contributed by atoms with Gasteiger partial charge in [-0.05, 0) is 32.8 Å². The maximum absolute atomic E-state index is 14.7. The van der Waals surface area contributed by atoms with Gasteiger partial charge >= 0.3 is 0 Å². The van der Waals surface area contributed by atoms with Crippen molar-refractivity contribution in [3.05, 3.63) is 28.5 Å². The van der Waals surface area contributed by atoms with Crippen molar-refractivity contribution in [2.24, 2.45) is 0 Å². The lowest BCUT2D eigenvalue weighted by Gasteiger charge is -2.43. The Morgan fingerprint density at radius 1 is 1.39 bits per heavy atom. The monoisotopic (exact) mass is 335 g/mol. The summed E-state index contributed by atoms with van der Waals surface area (Å²) in [5.74, 6) is -0.128. The van der Waals surface area contributed by atoms with E-state index in [4.69, 9.17) is 0 Å². The zero-order valence-electron chi connectivity index (χ0n) is 14.4. The van der Waals surface area contributed by atoms with E-state index in [1.807, 2.05) is 13.0 Å². The number of nitrogens with one attached hydrogen (secondary N) is 1. The molecule has 2 heterocycles. The van der Waals surface area contributed by atoms with Crippen molar-refractivity contribution in [1.29, 1.82) is 0 Å². The van der Waals surface area contributed by atoms with Gasteiger partial charge in [0, 0.05) is 42.8 Å². The van der Waals surface area contributed by atoms with Crippen molar-refractivity contribution in [3.8, 4) is 0 Å². The van der Waals surface area contributed by atoms with Crippen LogP contribution in [0.4, 0.5) is 4.39 Å². The Labute approximate surface area is 141 Å². The molecule has 126 valence electrons. The number of hydrogen-bond donors (Lipinski definition) is 1. The highest BCUT2D eigenvalue weighted by Gasteiger charge is 2.31. The smallest absolute Gasteiger partial charge is 0.130 e. The molecular weight excluding hydrogens is 309 g/mol. The Morgan fingerprint density at radius 2 is 2.17 bits per heavy atom. The Bertz CT molecular complexity index is 684. The maximum atomic E-state index is 14.7. The van der Waals surface area contributed by atoms with Crippen LogP contribution in [-0.4, -0.2) is 35.1 Å². The van der Waals surface area contributed by atoms with Gasteiger partial charge in [0.1, 0.15) is 5.82 Å². The molecule has 1 aromatic carbocycles. The molecule has 1 N–H and O–H groups in total. The Balaban J connectivity index is 1.93. The number of aryl methyl sites for hydroxylation is 1. The highest BCUT2D eigenvalue weighted by atomic mass is 32.1. The van der Waals surface area contributed by atoms with Crippen LogP contribution in [0.5, 0.6) is 0 Å². The molecule has 1 aromatic heterocycles. The predicted molar refractivity (Wildman–Crippen MR) is 95.6 cm³/mol. The fourth-order valence-corrected chi connectivity index (χ4v) is 4.45. The van der Waals surface area contributed by atoms with Gasteiger partial charge in [-0.15, -0.1) is 11.3 Å². The molecule has 0 bridgehead atoms. The van der Waals surface area contributed by atoms with Crippen LogP contribution in [0.15, 0.2) is 12.1 Å². The van der Waals surface area contributed by atoms with Crippen molar-refractivity contribution >= 4 is 21.6 Å². The fourth-order valence-electron chi connectivity index (χ4n) is 3.59. The van der Waals surface area contributed by atoms with Crippen LogP contribution in [0.25, 0.3) is 10.2 Å². The number of piperazine rings is 1. The van der Waals surface area contributed by atoms with Crippen LogP contribution >= 0.6 is 11.3 Å². The summed E-state index contributed by atoms with van der Waals surface area (Å²) in [6, 6.07) is 4.66. The van der Waals surface area contributed by atoms with E-state index in [9.17, 15) is 4.39 Å². The number of nitrogens with zero attached hydrogens (tertiary/aromatic N) is 2. The highest BCUT2D eigenvalue weighted by molar-refractivity contribution is 7.18. The SMILES string of the molecule is CC[C@H]1CN(C(C)c2cc3sc(C)nc3cc2F)[C@H](CC)CN1. The van der Waals surface area contributed by atoms with Gasteiger partial charge in [-0.2, -0.15) is 0 Å². The van der Waals surface area contributed by atoms with Crippen LogP contribution in [0.3, 0.4) is 0 Å². The molecule has 2 aromatic rings. The first-order valence-electron chi connectivity index (χ1n) is 8.59. The number of halogens is 1. The molecule has 23 heavy (non-hydrogen) atoms. The summed E-state index contributed by atoms with van der Waals surface area (Å²) in [6.45, 7) is 10.5. The summed E-state index contributed by atoms with van der Waals surface area (Å²) in [5.41, 5.74) is 1.58. The first-order chi connectivity index (χ1) is 11.0. The number of hydrogen-bond acceptors (Lipinski definition) is 4. The molecule has 0 aliphatic carbocycles. The van der Waals surface area contributed by atoms with Gasteiger partial charge < -0.3 is 5.32 Å². The Hall–Kier alpha value is -1.04. The Morgan fingerprint density at radius 3 is 2.87 bits per heavy atom. The molecule has 1 saturated heterocycles. The number of benzene rings is 1. The molecule has 3 rings (SSSR count). The minimum Gasteiger partial charge on any atom is -0.311 e. The third-order valence-electron chi connectivity index (χ3n) is 5.07. The molecular formula is C18H26FN3S. The summed E-state index contributed by atoms with van der Waals surface area (Å²) in [6.07, 6.45) is 2.19. The summed E-state index contributed by atoms with van der Waals surface area (Å²) in [7, 11) is 0. The fraction of sp³-hybridized carbons (Fsp3) is 0.611. The molecule has 3 atom stereocenters. The minimum absolute atomic E-state index is 0.0860. The lowest BCUT2D eigenvalue weighted by molar-refractivity contribution is 0.0835. The van der Waals surface area contributed by atoms with Gasteiger partial charge in [0.25, 0.3) is 0 Å². The molecule has 0 saturated carbocycles. The quantitative estimate of drug-likeness (QED) is 0.904. The van der Waals surface area contributed by atoms with E-state index in [1.165, 1.54) is 0 Å². The predicted octanol–water partition coefficient (Wildman–Crippen LogP) is 4.27. The van der Waals surface area contributed by atoms with Gasteiger partial charge in [-0.1, -0.05) is 13.8 Å². The molecule has 1 aliphatic rings. The molecule has 1 fully saturated rings. The van der Waals surface area contributed by atoms with E-state index in [0.29, 0.717) is 12.1 Å². The van der Waals surface area contributed by atoms with Crippen molar-refractivity contribution in [2.75, 3.05) is 13.1 Å². The van der Waals surface area contributed by atoms with Crippen LogP contribution in [-0.2, 0) is 0 Å². The van der Waals surface area contributed by atoms with Gasteiger partial charge in [-0.25, -0.2) is 9.37 Å². The second-order valence-corrected chi connectivity index (χ2v) is 7.76. The van der Waals surface area contributed by atoms with Crippen molar-refractivity contribution in [1.82, 2.24) is 15.2 Å². The zero-order chi connectivity index (χ0) is 16.6. The van der Waals surface area contributed by atoms with Crippen LogP contribution in [0.1, 0.15) is 50.2 Å². The molecule has 0 radical (unpaired) electrons. The third-order valence-corrected chi connectivity index (χ3v) is 6.00. The van der Waals surface area contributed by atoms with Gasteiger partial charge in [-0.3, -0.25) is 4.90 Å². The zero-order valence-corrected chi connectivity index (χ0v) is 15.2. The van der Waals surface area contributed by atoms with E-state index in [0.717, 1.165) is 46.7 Å². The lowest BCUT2D eigenvalue weighted by atomic mass is 9.98. The standard InChI is InChI=1S/C18H26FN3S/c1-5-13-10-22(14(6-2)9-20-13)11(3)15-7-18-17(8-16(15)19)21-12(4)23-18/h7-8,11,13-14,20H,5-6,9-10H2,1-4H3/t11?,13-,14+/m0/s1. The first-order valence-corrected chi connectivity index (χ1v) is 9.40. The summed E-state index contributed by atoms with van der Waals surface area (Å²) >= 11 is 1.64. The van der Waals surface area contributed by atoms with Crippen molar-refractivity contribution < 1.29 is 4.39 Å². The van der Waals surface area contributed by atoms with E-state index in [1.54, 1.807) is 17.4 Å². The number of fused-ring (bicyclic) bond motifs is 1. The highest BCUT2D eigenvalue weighted by Crippen LogP contribution is 2.32. The van der Waals surface area contributed by atoms with E-state index in [2.05, 4.69) is 36.0 Å². The Kier molecular flexibility index (Phi) is 4.99. The van der Waals surface area contributed by atoms with Crippen molar-refractivity contribution in [2.45, 2.75) is 58.7 Å². The van der Waals surface area contributed by atoms with Gasteiger partial charge in [0.2, 0.25) is 0 Å². The molecule has 5 heteroatoms. The van der Waals surface area contributed by atoms with E-state index >= 15 is 0 Å². The second-order valence-electron chi connectivity index (χ2n) is 6.52. The average Bonchev–Trinajstić information content (AvgIpc) is 2.91. The van der Waals surface area contributed by atoms with Gasteiger partial charge in [0.15, 0.2) is 0 Å². The minimum atomic E-state index is -0.128. The summed E-state index contributed by atoms with van der Waals surface area (Å²) in [4.78, 5) is 6.87. The van der Waals surface area contributed by atoms with Crippen molar-refractivity contribution in [3.63, 3.8) is 0 Å². The van der Waals surface area contributed by atoms with Crippen LogP contribution < -0.4 is 5.32 Å². The van der Waals surface area contributed by atoms with E-state index < -0.39 is 0 Å². The normalized spacial score (nSPS) is 24.2. The number of aromatic nitrogens is 1. The summed E-state index contributed by atoms with van der Waals surface area (Å²) in [5, 5.41) is 4.60. The largest absolute Gasteiger partial charge is 0.311 e. The van der Waals surface area contributed by atoms with E-state index in [-0.39, 0.29) is 11.9 Å². The summed E-state index contributed by atoms with van der Waals surface area (Å²) < 4.78 is 15.8. The molecule has 3 nitrogen and oxygen atoms in total. The first kappa shape index (κ1) is 16.8. The van der Waals surface area contributed by atoms with Gasteiger partial charge in [0.05, 0.1) is 15.2 Å².